The Morgan fingerprint density at radius 1 is 0.324 bits per heavy atom. The van der Waals surface area contributed by atoms with E-state index in [1.54, 1.807) is 0 Å². The quantitative estimate of drug-likeness (QED) is 0.137. The number of hydrogen-bond donors (Lipinski definition) is 0. The monoisotopic (exact) mass is 878 g/mol. The molecule has 0 amide bonds. The SMILES string of the molecule is CCn1c2ccccc2c2cc(N(c3ccccc3)c3ccc(-c4cc5cc6oc(-c7ccc(N(c8ccccc8)c8ccc9c(c8)c8ccccc8n9CC)cc7)cc6cc5o4)cc3)ccc21. The van der Waals surface area contributed by atoms with Crippen molar-refractivity contribution < 1.29 is 8.83 Å². The van der Waals surface area contributed by atoms with Gasteiger partial charge in [-0.1, -0.05) is 72.8 Å². The van der Waals surface area contributed by atoms with Crippen molar-refractivity contribution >= 4 is 99.7 Å². The van der Waals surface area contributed by atoms with Gasteiger partial charge in [0.05, 0.1) is 0 Å². The van der Waals surface area contributed by atoms with Gasteiger partial charge in [0.25, 0.3) is 0 Å². The van der Waals surface area contributed by atoms with E-state index >= 15 is 0 Å². The number of rotatable bonds is 10. The molecule has 0 atom stereocenters. The summed E-state index contributed by atoms with van der Waals surface area (Å²) in [7, 11) is 0. The molecule has 0 aliphatic rings. The maximum atomic E-state index is 6.57. The fraction of sp³-hybridized carbons (Fsp3) is 0.0645. The number of para-hydroxylation sites is 4. The minimum atomic E-state index is 0.813. The van der Waals surface area contributed by atoms with Crippen LogP contribution in [0.4, 0.5) is 34.1 Å². The molecule has 9 aromatic carbocycles. The van der Waals surface area contributed by atoms with Crippen LogP contribution in [0.1, 0.15) is 13.8 Å². The number of nitrogens with zero attached hydrogens (tertiary/aromatic N) is 4. The summed E-state index contributed by atoms with van der Waals surface area (Å²) in [5, 5.41) is 7.03. The van der Waals surface area contributed by atoms with E-state index in [0.29, 0.717) is 0 Å². The van der Waals surface area contributed by atoms with Crippen molar-refractivity contribution in [3.8, 4) is 22.6 Å². The second-order valence-corrected chi connectivity index (χ2v) is 17.5. The van der Waals surface area contributed by atoms with Gasteiger partial charge in [-0.2, -0.15) is 0 Å². The summed E-state index contributed by atoms with van der Waals surface area (Å²) in [6.45, 7) is 6.25. The smallest absolute Gasteiger partial charge is 0.135 e. The van der Waals surface area contributed by atoms with Crippen molar-refractivity contribution in [3.05, 3.63) is 218 Å². The van der Waals surface area contributed by atoms with Crippen molar-refractivity contribution in [2.24, 2.45) is 0 Å². The van der Waals surface area contributed by atoms with Crippen molar-refractivity contribution in [1.82, 2.24) is 9.13 Å². The molecule has 0 N–H and O–H groups in total. The van der Waals surface area contributed by atoms with E-state index in [-0.39, 0.29) is 0 Å². The zero-order valence-electron chi connectivity index (χ0n) is 37.8. The third-order valence-corrected chi connectivity index (χ3v) is 13.7. The van der Waals surface area contributed by atoms with E-state index in [9.17, 15) is 0 Å². The first-order chi connectivity index (χ1) is 33.6. The van der Waals surface area contributed by atoms with Crippen LogP contribution in [0.15, 0.2) is 227 Å². The van der Waals surface area contributed by atoms with Crippen LogP contribution in [0.5, 0.6) is 0 Å². The normalized spacial score (nSPS) is 11.8. The average molecular weight is 879 g/mol. The summed E-state index contributed by atoms with van der Waals surface area (Å²) in [5.74, 6) is 1.63. The first-order valence-corrected chi connectivity index (χ1v) is 23.5. The van der Waals surface area contributed by atoms with Gasteiger partial charge in [-0.3, -0.25) is 0 Å². The van der Waals surface area contributed by atoms with Gasteiger partial charge in [0.1, 0.15) is 22.7 Å². The number of benzene rings is 9. The highest BCUT2D eigenvalue weighted by Crippen LogP contribution is 2.43. The summed E-state index contributed by atoms with van der Waals surface area (Å²) < 4.78 is 17.9. The molecule has 0 saturated heterocycles. The van der Waals surface area contributed by atoms with Crippen molar-refractivity contribution in [1.29, 1.82) is 0 Å². The van der Waals surface area contributed by atoms with Crippen LogP contribution >= 0.6 is 0 Å². The van der Waals surface area contributed by atoms with Crippen molar-refractivity contribution in [2.45, 2.75) is 26.9 Å². The van der Waals surface area contributed by atoms with Crippen LogP contribution in [0.25, 0.3) is 88.2 Å². The maximum absolute atomic E-state index is 6.57. The topological polar surface area (TPSA) is 42.6 Å². The molecule has 0 bridgehead atoms. The second-order valence-electron chi connectivity index (χ2n) is 17.5. The van der Waals surface area contributed by atoms with Gasteiger partial charge < -0.3 is 27.8 Å². The molecular formula is C62H46N4O2. The number of hydrogen-bond acceptors (Lipinski definition) is 4. The zero-order valence-corrected chi connectivity index (χ0v) is 37.8. The van der Waals surface area contributed by atoms with Crippen molar-refractivity contribution in [3.63, 3.8) is 0 Å². The molecule has 6 heteroatoms. The van der Waals surface area contributed by atoms with Gasteiger partial charge in [0.15, 0.2) is 0 Å². The van der Waals surface area contributed by atoms with Crippen molar-refractivity contribution in [2.75, 3.05) is 9.80 Å². The average Bonchev–Trinajstić information content (AvgIpc) is 4.17. The molecule has 0 saturated carbocycles. The Bertz CT molecular complexity index is 3680. The van der Waals surface area contributed by atoms with Gasteiger partial charge >= 0.3 is 0 Å². The van der Waals surface area contributed by atoms with Crippen LogP contribution in [0.2, 0.25) is 0 Å². The summed E-state index contributed by atoms with van der Waals surface area (Å²) in [5.41, 5.74) is 15.2. The maximum Gasteiger partial charge on any atom is 0.135 e. The first kappa shape index (κ1) is 39.6. The fourth-order valence-electron chi connectivity index (χ4n) is 10.5. The van der Waals surface area contributed by atoms with Gasteiger partial charge in [0.2, 0.25) is 0 Å². The van der Waals surface area contributed by atoms with E-state index in [1.165, 1.54) is 43.6 Å². The zero-order chi connectivity index (χ0) is 45.3. The molecule has 6 nitrogen and oxygen atoms in total. The minimum Gasteiger partial charge on any atom is -0.456 e. The fourth-order valence-corrected chi connectivity index (χ4v) is 10.5. The third-order valence-electron chi connectivity index (χ3n) is 13.7. The molecule has 0 unspecified atom stereocenters. The number of fused-ring (bicyclic) bond motifs is 8. The lowest BCUT2D eigenvalue weighted by atomic mass is 10.1. The Labute approximate surface area is 393 Å². The van der Waals surface area contributed by atoms with Gasteiger partial charge in [-0.25, -0.2) is 0 Å². The molecule has 68 heavy (non-hydrogen) atoms. The molecular weight excluding hydrogens is 833 g/mol. The highest BCUT2D eigenvalue weighted by atomic mass is 16.3. The van der Waals surface area contributed by atoms with Gasteiger partial charge in [-0.05, 0) is 159 Å². The predicted octanol–water partition coefficient (Wildman–Crippen LogP) is 17.7. The Morgan fingerprint density at radius 2 is 0.676 bits per heavy atom. The van der Waals surface area contributed by atoms with E-state index in [1.807, 2.05) is 0 Å². The lowest BCUT2D eigenvalue weighted by molar-refractivity contribution is 0.627. The molecule has 0 aliphatic heterocycles. The standard InChI is InChI=1S/C62H46N4O2/c1-3-63-55-21-13-11-19-51(55)53-39-49(31-33-57(53)63)65(45-15-7-5-8-16-45)47-27-23-41(24-28-47)59-35-43-37-62-44(38-61(43)67-59)36-60(68-62)42-25-29-48(30-26-42)66(46-17-9-6-10-18-46)50-32-34-58-54(40-50)52-20-12-14-22-56(52)64(58)4-2/h5-40H,3-4H2,1-2H3. The van der Waals surface area contributed by atoms with Crippen LogP contribution in [0, 0.1) is 0 Å². The molecule has 326 valence electrons. The van der Waals surface area contributed by atoms with E-state index in [4.69, 9.17) is 8.83 Å². The number of anilines is 6. The highest BCUT2D eigenvalue weighted by Gasteiger charge is 2.20. The minimum absolute atomic E-state index is 0.813. The summed E-state index contributed by atoms with van der Waals surface area (Å²) in [6.07, 6.45) is 0. The van der Waals surface area contributed by atoms with E-state index in [2.05, 4.69) is 251 Å². The Kier molecular flexibility index (Phi) is 9.32. The van der Waals surface area contributed by atoms with Gasteiger partial charge in [0, 0.05) is 113 Å². The lowest BCUT2D eigenvalue weighted by Crippen LogP contribution is -2.09. The molecule has 0 radical (unpaired) electrons. The molecule has 0 spiro atoms. The summed E-state index contributed by atoms with van der Waals surface area (Å²) in [4.78, 5) is 4.65. The first-order valence-electron chi connectivity index (χ1n) is 23.5. The molecule has 13 aromatic rings. The number of aromatic nitrogens is 2. The van der Waals surface area contributed by atoms with Crippen LogP contribution in [-0.4, -0.2) is 9.13 Å². The number of aryl methyl sites for hydroxylation is 2. The molecule has 0 aliphatic carbocycles. The Morgan fingerprint density at radius 3 is 1.09 bits per heavy atom. The van der Waals surface area contributed by atoms with Crippen LogP contribution in [-0.2, 0) is 13.1 Å². The van der Waals surface area contributed by atoms with E-state index in [0.717, 1.165) is 91.8 Å². The third kappa shape index (κ3) is 6.48. The largest absolute Gasteiger partial charge is 0.456 e. The second kappa shape index (κ2) is 16.0. The van der Waals surface area contributed by atoms with E-state index < -0.39 is 0 Å². The molecule has 4 aromatic heterocycles. The summed E-state index contributed by atoms with van der Waals surface area (Å²) >= 11 is 0. The molecule has 0 fully saturated rings. The Hall–Kier alpha value is -8.74. The Balaban J connectivity index is 0.797. The molecule has 4 heterocycles. The molecule has 13 rings (SSSR count). The number of furan rings is 2. The van der Waals surface area contributed by atoms with Crippen LogP contribution < -0.4 is 9.80 Å². The predicted molar refractivity (Wildman–Crippen MR) is 284 cm³/mol. The van der Waals surface area contributed by atoms with Gasteiger partial charge in [-0.15, -0.1) is 0 Å². The highest BCUT2D eigenvalue weighted by molar-refractivity contribution is 6.11. The van der Waals surface area contributed by atoms with Crippen LogP contribution in [0.3, 0.4) is 0 Å². The summed E-state index contributed by atoms with van der Waals surface area (Å²) in [6, 6.07) is 78.0. The lowest BCUT2D eigenvalue weighted by Gasteiger charge is -2.25.